The highest BCUT2D eigenvalue weighted by Crippen LogP contribution is 2.21. The smallest absolute Gasteiger partial charge is 0.237 e. The molecule has 1 unspecified atom stereocenters. The fourth-order valence-electron chi connectivity index (χ4n) is 2.94. The van der Waals surface area contributed by atoms with Crippen LogP contribution in [0.5, 0.6) is 0 Å². The number of carbonyl (C=O) groups excluding carboxylic acids is 1. The Morgan fingerprint density at radius 3 is 2.71 bits per heavy atom. The van der Waals surface area contributed by atoms with Crippen molar-refractivity contribution in [1.82, 2.24) is 10.2 Å². The molecule has 1 fully saturated rings. The van der Waals surface area contributed by atoms with E-state index in [2.05, 4.69) is 21.2 Å². The Morgan fingerprint density at radius 2 is 2.04 bits per heavy atom. The molecule has 6 heteroatoms. The quantitative estimate of drug-likeness (QED) is 0.885. The van der Waals surface area contributed by atoms with Crippen molar-refractivity contribution in [2.24, 2.45) is 0 Å². The molecule has 2 heterocycles. The number of halogens is 1. The SMILES string of the molecule is CC(C(=O)NCc1cccs1)N1CCN(c2cccc(Cl)c2)CC1. The minimum absolute atomic E-state index is 0.0969. The van der Waals surface area contributed by atoms with Crippen LogP contribution in [0.2, 0.25) is 5.02 Å². The number of nitrogens with zero attached hydrogens (tertiary/aromatic N) is 2. The molecular formula is C18H22ClN3OS. The monoisotopic (exact) mass is 363 g/mol. The molecule has 1 N–H and O–H groups in total. The number of thiophene rings is 1. The van der Waals surface area contributed by atoms with Crippen LogP contribution in [0.1, 0.15) is 11.8 Å². The highest BCUT2D eigenvalue weighted by atomic mass is 35.5. The number of benzene rings is 1. The van der Waals surface area contributed by atoms with Crippen molar-refractivity contribution >= 4 is 34.5 Å². The summed E-state index contributed by atoms with van der Waals surface area (Å²) in [5, 5.41) is 5.82. The predicted molar refractivity (Wildman–Crippen MR) is 101 cm³/mol. The van der Waals surface area contributed by atoms with E-state index >= 15 is 0 Å². The lowest BCUT2D eigenvalue weighted by atomic mass is 10.2. The predicted octanol–water partition coefficient (Wildman–Crippen LogP) is 3.23. The molecule has 1 aliphatic heterocycles. The molecule has 1 atom stereocenters. The van der Waals surface area contributed by atoms with Gasteiger partial charge in [-0.1, -0.05) is 23.7 Å². The van der Waals surface area contributed by atoms with Crippen molar-refractivity contribution in [2.45, 2.75) is 19.5 Å². The Labute approximate surface area is 152 Å². The van der Waals surface area contributed by atoms with Gasteiger partial charge in [-0.2, -0.15) is 0 Å². The first-order valence-electron chi connectivity index (χ1n) is 8.18. The zero-order valence-corrected chi connectivity index (χ0v) is 15.3. The Bertz CT molecular complexity index is 669. The number of hydrogen-bond donors (Lipinski definition) is 1. The number of hydrogen-bond acceptors (Lipinski definition) is 4. The molecule has 4 nitrogen and oxygen atoms in total. The van der Waals surface area contributed by atoms with Crippen molar-refractivity contribution in [1.29, 1.82) is 0 Å². The average Bonchev–Trinajstić information content (AvgIpc) is 3.13. The van der Waals surface area contributed by atoms with Crippen LogP contribution in [0.3, 0.4) is 0 Å². The summed E-state index contributed by atoms with van der Waals surface area (Å²) in [4.78, 5) is 18.1. The average molecular weight is 364 g/mol. The van der Waals surface area contributed by atoms with E-state index < -0.39 is 0 Å². The van der Waals surface area contributed by atoms with Crippen LogP contribution in [-0.2, 0) is 11.3 Å². The van der Waals surface area contributed by atoms with Crippen LogP contribution < -0.4 is 10.2 Å². The second-order valence-corrected chi connectivity index (χ2v) is 7.44. The maximum absolute atomic E-state index is 12.4. The van der Waals surface area contributed by atoms with Crippen molar-refractivity contribution < 1.29 is 4.79 Å². The van der Waals surface area contributed by atoms with Crippen molar-refractivity contribution in [3.05, 3.63) is 51.7 Å². The third-order valence-electron chi connectivity index (χ3n) is 4.43. The molecule has 1 amide bonds. The summed E-state index contributed by atoms with van der Waals surface area (Å²) in [6.45, 7) is 6.16. The van der Waals surface area contributed by atoms with E-state index in [9.17, 15) is 4.79 Å². The van der Waals surface area contributed by atoms with Gasteiger partial charge in [0.15, 0.2) is 0 Å². The van der Waals surface area contributed by atoms with E-state index in [1.165, 1.54) is 4.88 Å². The van der Waals surface area contributed by atoms with Gasteiger partial charge in [0.1, 0.15) is 0 Å². The molecular weight excluding hydrogens is 342 g/mol. The van der Waals surface area contributed by atoms with Crippen LogP contribution in [0.25, 0.3) is 0 Å². The molecule has 0 bridgehead atoms. The summed E-state index contributed by atoms with van der Waals surface area (Å²) in [5.74, 6) is 0.0969. The van der Waals surface area contributed by atoms with Gasteiger partial charge in [0.2, 0.25) is 5.91 Å². The third-order valence-corrected chi connectivity index (χ3v) is 5.54. The second kappa shape index (κ2) is 8.01. The lowest BCUT2D eigenvalue weighted by Crippen LogP contribution is -2.53. The third kappa shape index (κ3) is 4.29. The first-order valence-corrected chi connectivity index (χ1v) is 9.44. The van der Waals surface area contributed by atoms with Crippen LogP contribution >= 0.6 is 22.9 Å². The van der Waals surface area contributed by atoms with E-state index in [4.69, 9.17) is 11.6 Å². The van der Waals surface area contributed by atoms with Gasteiger partial charge < -0.3 is 10.2 Å². The van der Waals surface area contributed by atoms with Crippen LogP contribution in [0.4, 0.5) is 5.69 Å². The normalized spacial score (nSPS) is 16.8. The molecule has 24 heavy (non-hydrogen) atoms. The molecule has 0 spiro atoms. The van der Waals surface area contributed by atoms with Crippen molar-refractivity contribution in [2.75, 3.05) is 31.1 Å². The van der Waals surface area contributed by atoms with Crippen LogP contribution in [0.15, 0.2) is 41.8 Å². The molecule has 0 radical (unpaired) electrons. The van der Waals surface area contributed by atoms with Gasteiger partial charge in [-0.15, -0.1) is 11.3 Å². The molecule has 128 valence electrons. The maximum atomic E-state index is 12.4. The molecule has 1 aromatic carbocycles. The van der Waals surface area contributed by atoms with Crippen LogP contribution in [-0.4, -0.2) is 43.0 Å². The van der Waals surface area contributed by atoms with Gasteiger partial charge in [0, 0.05) is 41.8 Å². The zero-order valence-electron chi connectivity index (χ0n) is 13.7. The Kier molecular flexibility index (Phi) is 5.76. The number of rotatable bonds is 5. The minimum Gasteiger partial charge on any atom is -0.369 e. The summed E-state index contributed by atoms with van der Waals surface area (Å²) in [5.41, 5.74) is 1.15. The molecule has 1 saturated heterocycles. The van der Waals surface area contributed by atoms with Gasteiger partial charge in [-0.3, -0.25) is 9.69 Å². The van der Waals surface area contributed by atoms with Gasteiger partial charge in [0.05, 0.1) is 12.6 Å². The molecule has 0 aliphatic carbocycles. The Hall–Kier alpha value is -1.56. The highest BCUT2D eigenvalue weighted by molar-refractivity contribution is 7.09. The first-order chi connectivity index (χ1) is 11.6. The summed E-state index contributed by atoms with van der Waals surface area (Å²) < 4.78 is 0. The molecule has 0 saturated carbocycles. The summed E-state index contributed by atoms with van der Waals surface area (Å²) in [7, 11) is 0. The van der Waals surface area contributed by atoms with Crippen LogP contribution in [0, 0.1) is 0 Å². The number of anilines is 1. The number of amides is 1. The van der Waals surface area contributed by atoms with E-state index in [-0.39, 0.29) is 11.9 Å². The van der Waals surface area contributed by atoms with Gasteiger partial charge >= 0.3 is 0 Å². The van der Waals surface area contributed by atoms with E-state index in [1.54, 1.807) is 11.3 Å². The van der Waals surface area contributed by atoms with E-state index in [1.807, 2.05) is 42.6 Å². The zero-order chi connectivity index (χ0) is 16.9. The first kappa shape index (κ1) is 17.3. The Morgan fingerprint density at radius 1 is 1.25 bits per heavy atom. The summed E-state index contributed by atoms with van der Waals surface area (Å²) in [6.07, 6.45) is 0. The minimum atomic E-state index is -0.105. The molecule has 1 aromatic heterocycles. The summed E-state index contributed by atoms with van der Waals surface area (Å²) in [6, 6.07) is 11.9. The van der Waals surface area contributed by atoms with Gasteiger partial charge in [0.25, 0.3) is 0 Å². The Balaban J connectivity index is 1.49. The second-order valence-electron chi connectivity index (χ2n) is 5.98. The fourth-order valence-corrected chi connectivity index (χ4v) is 3.77. The number of piperazine rings is 1. The molecule has 2 aromatic rings. The van der Waals surface area contributed by atoms with E-state index in [0.29, 0.717) is 6.54 Å². The lowest BCUT2D eigenvalue weighted by Gasteiger charge is -2.38. The molecule has 3 rings (SSSR count). The lowest BCUT2D eigenvalue weighted by molar-refractivity contribution is -0.126. The highest BCUT2D eigenvalue weighted by Gasteiger charge is 2.25. The van der Waals surface area contributed by atoms with Gasteiger partial charge in [-0.05, 0) is 36.6 Å². The van der Waals surface area contributed by atoms with E-state index in [0.717, 1.165) is 36.9 Å². The largest absolute Gasteiger partial charge is 0.369 e. The summed E-state index contributed by atoms with van der Waals surface area (Å²) >= 11 is 7.74. The molecule has 1 aliphatic rings. The standard InChI is InChI=1S/C18H22ClN3OS/c1-14(18(23)20-13-17-6-3-11-24-17)21-7-9-22(10-8-21)16-5-2-4-15(19)12-16/h2-6,11-12,14H,7-10,13H2,1H3,(H,20,23). The maximum Gasteiger partial charge on any atom is 0.237 e. The van der Waals surface area contributed by atoms with Crippen molar-refractivity contribution in [3.63, 3.8) is 0 Å². The fraction of sp³-hybridized carbons (Fsp3) is 0.389. The number of nitrogens with one attached hydrogen (secondary N) is 1. The van der Waals surface area contributed by atoms with Gasteiger partial charge in [-0.25, -0.2) is 0 Å². The topological polar surface area (TPSA) is 35.6 Å². The number of carbonyl (C=O) groups is 1. The van der Waals surface area contributed by atoms with Crippen molar-refractivity contribution in [3.8, 4) is 0 Å².